The van der Waals surface area contributed by atoms with Crippen LogP contribution in [0.5, 0.6) is 11.5 Å². The molecule has 0 radical (unpaired) electrons. The van der Waals surface area contributed by atoms with Crippen LogP contribution in [0.15, 0.2) is 12.1 Å². The molecule has 2 N–H and O–H groups in total. The molecule has 2 atom stereocenters. The maximum absolute atomic E-state index is 12.6. The number of benzene rings is 1. The van der Waals surface area contributed by atoms with E-state index in [-0.39, 0.29) is 41.1 Å². The van der Waals surface area contributed by atoms with Crippen molar-refractivity contribution < 1.29 is 19.7 Å². The third kappa shape index (κ3) is 3.29. The van der Waals surface area contributed by atoms with E-state index in [0.717, 1.165) is 0 Å². The molecule has 1 aromatic rings. The third-order valence-electron chi connectivity index (χ3n) is 3.70. The summed E-state index contributed by atoms with van der Waals surface area (Å²) in [6, 6.07) is 2.83. The summed E-state index contributed by atoms with van der Waals surface area (Å²) in [5.74, 6) is -0.326. The van der Waals surface area contributed by atoms with Gasteiger partial charge in [-0.05, 0) is 31.4 Å². The van der Waals surface area contributed by atoms with Gasteiger partial charge in [0.2, 0.25) is 0 Å². The maximum atomic E-state index is 12.6. The van der Waals surface area contributed by atoms with Crippen LogP contribution in [0.25, 0.3) is 0 Å². The SMILES string of the molecule is CC1CN(C(=O)c2cc(C(C)C)c(O)cc2O)CC(C)O1. The van der Waals surface area contributed by atoms with E-state index < -0.39 is 0 Å². The lowest BCUT2D eigenvalue weighted by Gasteiger charge is -2.35. The van der Waals surface area contributed by atoms with Gasteiger partial charge in [-0.25, -0.2) is 0 Å². The topological polar surface area (TPSA) is 70.0 Å². The van der Waals surface area contributed by atoms with Crippen molar-refractivity contribution in [2.75, 3.05) is 13.1 Å². The molecule has 21 heavy (non-hydrogen) atoms. The molecule has 0 spiro atoms. The van der Waals surface area contributed by atoms with Gasteiger partial charge in [-0.15, -0.1) is 0 Å². The third-order valence-corrected chi connectivity index (χ3v) is 3.70. The minimum absolute atomic E-state index is 0.0164. The molecule has 0 bridgehead atoms. The molecular weight excluding hydrogens is 270 g/mol. The summed E-state index contributed by atoms with van der Waals surface area (Å²) in [5.41, 5.74) is 0.892. The number of amides is 1. The fraction of sp³-hybridized carbons (Fsp3) is 0.562. The van der Waals surface area contributed by atoms with Gasteiger partial charge < -0.3 is 19.8 Å². The molecule has 0 aliphatic carbocycles. The second kappa shape index (κ2) is 5.93. The lowest BCUT2D eigenvalue weighted by molar-refractivity contribution is -0.0586. The summed E-state index contributed by atoms with van der Waals surface area (Å²) in [6.45, 7) is 8.71. The lowest BCUT2D eigenvalue weighted by Crippen LogP contribution is -2.48. The van der Waals surface area contributed by atoms with Crippen molar-refractivity contribution in [1.82, 2.24) is 4.90 Å². The second-order valence-corrected chi connectivity index (χ2v) is 6.05. The Balaban J connectivity index is 2.32. The zero-order valence-electron chi connectivity index (χ0n) is 13.0. The van der Waals surface area contributed by atoms with Crippen LogP contribution < -0.4 is 0 Å². The second-order valence-electron chi connectivity index (χ2n) is 6.05. The van der Waals surface area contributed by atoms with Crippen LogP contribution in [0.2, 0.25) is 0 Å². The first kappa shape index (κ1) is 15.6. The highest BCUT2D eigenvalue weighted by molar-refractivity contribution is 5.97. The summed E-state index contributed by atoms with van der Waals surface area (Å²) in [7, 11) is 0. The maximum Gasteiger partial charge on any atom is 0.257 e. The number of ether oxygens (including phenoxy) is 1. The summed E-state index contributed by atoms with van der Waals surface area (Å²) in [4.78, 5) is 14.3. The molecule has 5 heteroatoms. The molecule has 1 aromatic carbocycles. The molecule has 1 amide bonds. The summed E-state index contributed by atoms with van der Waals surface area (Å²) in [6.07, 6.45) is -0.0527. The summed E-state index contributed by atoms with van der Waals surface area (Å²) < 4.78 is 5.62. The predicted molar refractivity (Wildman–Crippen MR) is 79.8 cm³/mol. The molecule has 1 aliphatic heterocycles. The highest BCUT2D eigenvalue weighted by Gasteiger charge is 2.28. The van der Waals surface area contributed by atoms with Gasteiger partial charge in [-0.1, -0.05) is 13.8 Å². The van der Waals surface area contributed by atoms with Crippen molar-refractivity contribution in [2.45, 2.75) is 45.8 Å². The first-order chi connectivity index (χ1) is 9.79. The van der Waals surface area contributed by atoms with E-state index in [4.69, 9.17) is 4.74 Å². The number of morpholine rings is 1. The number of aromatic hydroxyl groups is 2. The Morgan fingerprint density at radius 2 is 1.76 bits per heavy atom. The van der Waals surface area contributed by atoms with Gasteiger partial charge >= 0.3 is 0 Å². The molecule has 0 saturated carbocycles. The van der Waals surface area contributed by atoms with Crippen molar-refractivity contribution in [3.05, 3.63) is 23.3 Å². The van der Waals surface area contributed by atoms with Gasteiger partial charge in [-0.2, -0.15) is 0 Å². The van der Waals surface area contributed by atoms with E-state index in [9.17, 15) is 15.0 Å². The summed E-state index contributed by atoms with van der Waals surface area (Å²) in [5, 5.41) is 19.8. The molecule has 1 heterocycles. The van der Waals surface area contributed by atoms with Crippen LogP contribution in [-0.2, 0) is 4.74 Å². The Hall–Kier alpha value is -1.75. The van der Waals surface area contributed by atoms with Crippen LogP contribution in [0.3, 0.4) is 0 Å². The molecule has 1 fully saturated rings. The van der Waals surface area contributed by atoms with Gasteiger partial charge in [0.25, 0.3) is 5.91 Å². The minimum Gasteiger partial charge on any atom is -0.508 e. The zero-order valence-corrected chi connectivity index (χ0v) is 13.0. The normalized spacial score (nSPS) is 22.6. The van der Waals surface area contributed by atoms with Crippen LogP contribution >= 0.6 is 0 Å². The van der Waals surface area contributed by atoms with Gasteiger partial charge in [0, 0.05) is 19.2 Å². The van der Waals surface area contributed by atoms with Crippen LogP contribution in [0.1, 0.15) is 49.5 Å². The number of rotatable bonds is 2. The van der Waals surface area contributed by atoms with Gasteiger partial charge in [0.05, 0.1) is 17.8 Å². The largest absolute Gasteiger partial charge is 0.508 e. The van der Waals surface area contributed by atoms with Gasteiger partial charge in [0.15, 0.2) is 0 Å². The predicted octanol–water partition coefficient (Wildman–Crippen LogP) is 2.47. The number of hydrogen-bond acceptors (Lipinski definition) is 4. The highest BCUT2D eigenvalue weighted by atomic mass is 16.5. The standard InChI is InChI=1S/C16H23NO4/c1-9(2)12-5-13(15(19)6-14(12)18)16(20)17-7-10(3)21-11(4)8-17/h5-6,9-11,18-19H,7-8H2,1-4H3. The fourth-order valence-corrected chi connectivity index (χ4v) is 2.74. The quantitative estimate of drug-likeness (QED) is 0.879. The number of hydrogen-bond donors (Lipinski definition) is 2. The average Bonchev–Trinajstić information content (AvgIpc) is 2.36. The Kier molecular flexibility index (Phi) is 4.42. The lowest BCUT2D eigenvalue weighted by atomic mass is 9.98. The fourth-order valence-electron chi connectivity index (χ4n) is 2.74. The first-order valence-corrected chi connectivity index (χ1v) is 7.30. The Bertz CT molecular complexity index is 531. The summed E-state index contributed by atoms with van der Waals surface area (Å²) >= 11 is 0. The minimum atomic E-state index is -0.226. The molecule has 116 valence electrons. The molecule has 5 nitrogen and oxygen atoms in total. The van der Waals surface area contributed by atoms with Gasteiger partial charge in [0.1, 0.15) is 11.5 Å². The van der Waals surface area contributed by atoms with Crippen LogP contribution in [-0.4, -0.2) is 46.3 Å². The van der Waals surface area contributed by atoms with E-state index >= 15 is 0 Å². The van der Waals surface area contributed by atoms with E-state index in [0.29, 0.717) is 18.7 Å². The number of carbonyl (C=O) groups is 1. The number of phenols is 2. The van der Waals surface area contributed by atoms with E-state index in [1.165, 1.54) is 6.07 Å². The van der Waals surface area contributed by atoms with Crippen molar-refractivity contribution in [1.29, 1.82) is 0 Å². The smallest absolute Gasteiger partial charge is 0.257 e. The molecule has 2 unspecified atom stereocenters. The first-order valence-electron chi connectivity index (χ1n) is 7.30. The highest BCUT2D eigenvalue weighted by Crippen LogP contribution is 2.33. The van der Waals surface area contributed by atoms with Crippen molar-refractivity contribution in [3.63, 3.8) is 0 Å². The molecule has 0 aromatic heterocycles. The molecular formula is C16H23NO4. The van der Waals surface area contributed by atoms with Gasteiger partial charge in [-0.3, -0.25) is 4.79 Å². The monoisotopic (exact) mass is 293 g/mol. The van der Waals surface area contributed by atoms with Crippen LogP contribution in [0, 0.1) is 0 Å². The number of phenolic OH excluding ortho intramolecular Hbond substituents is 2. The number of nitrogens with zero attached hydrogens (tertiary/aromatic N) is 1. The molecule has 2 rings (SSSR count). The van der Waals surface area contributed by atoms with Crippen molar-refractivity contribution >= 4 is 5.91 Å². The van der Waals surface area contributed by atoms with E-state index in [1.54, 1.807) is 11.0 Å². The Morgan fingerprint density at radius 3 is 2.29 bits per heavy atom. The Morgan fingerprint density at radius 1 is 1.19 bits per heavy atom. The number of carbonyl (C=O) groups excluding carboxylic acids is 1. The van der Waals surface area contributed by atoms with Crippen molar-refractivity contribution in [2.24, 2.45) is 0 Å². The average molecular weight is 293 g/mol. The molecule has 1 aliphatic rings. The van der Waals surface area contributed by atoms with E-state index in [2.05, 4.69) is 0 Å². The van der Waals surface area contributed by atoms with Crippen molar-refractivity contribution in [3.8, 4) is 11.5 Å². The zero-order chi connectivity index (χ0) is 15.7. The Labute approximate surface area is 125 Å². The van der Waals surface area contributed by atoms with Crippen LogP contribution in [0.4, 0.5) is 0 Å². The molecule has 1 saturated heterocycles. The van der Waals surface area contributed by atoms with E-state index in [1.807, 2.05) is 27.7 Å².